The first kappa shape index (κ1) is 12.8. The van der Waals surface area contributed by atoms with Crippen LogP contribution in [-0.2, 0) is 11.8 Å². The van der Waals surface area contributed by atoms with E-state index in [4.69, 9.17) is 0 Å². The minimum atomic E-state index is -0.000265. The SMILES string of the molecule is Cc1ccc2c(c1)[C@]13CCCC[C@@H]1[C@H](C2)[N+](C)([O-])CC3. The van der Waals surface area contributed by atoms with Gasteiger partial charge in [0.05, 0.1) is 19.6 Å². The van der Waals surface area contributed by atoms with Crippen molar-refractivity contribution in [3.63, 3.8) is 0 Å². The van der Waals surface area contributed by atoms with Crippen LogP contribution in [0.5, 0.6) is 0 Å². The largest absolute Gasteiger partial charge is 0.633 e. The summed E-state index contributed by atoms with van der Waals surface area (Å²) in [4.78, 5) is 0. The fourth-order valence-electron chi connectivity index (χ4n) is 5.47. The molecule has 4 atom stereocenters. The van der Waals surface area contributed by atoms with Gasteiger partial charge in [-0.2, -0.15) is 0 Å². The van der Waals surface area contributed by atoms with Crippen molar-refractivity contribution < 1.29 is 4.65 Å². The van der Waals surface area contributed by atoms with Gasteiger partial charge >= 0.3 is 0 Å². The number of likely N-dealkylation sites (tertiary alicyclic amines) is 1. The molecule has 1 unspecified atom stereocenters. The molecule has 0 aromatic heterocycles. The normalized spacial score (nSPS) is 42.8. The lowest BCUT2D eigenvalue weighted by Crippen LogP contribution is -2.66. The summed E-state index contributed by atoms with van der Waals surface area (Å²) >= 11 is 0. The molecule has 0 amide bonds. The smallest absolute Gasteiger partial charge is 0.0963 e. The Morgan fingerprint density at radius 3 is 2.95 bits per heavy atom. The van der Waals surface area contributed by atoms with E-state index in [0.29, 0.717) is 17.4 Å². The minimum Gasteiger partial charge on any atom is -0.633 e. The molecule has 3 aliphatic rings. The van der Waals surface area contributed by atoms with Crippen molar-refractivity contribution in [2.45, 2.75) is 56.9 Å². The molecule has 1 saturated carbocycles. The summed E-state index contributed by atoms with van der Waals surface area (Å²) in [5.74, 6) is 0.627. The summed E-state index contributed by atoms with van der Waals surface area (Å²) in [6.07, 6.45) is 7.36. The Kier molecular flexibility index (Phi) is 2.62. The molecule has 1 aromatic rings. The number of fused-ring (bicyclic) bond motifs is 1. The number of rotatable bonds is 0. The van der Waals surface area contributed by atoms with E-state index in [9.17, 15) is 5.21 Å². The van der Waals surface area contributed by atoms with Crippen molar-refractivity contribution in [3.8, 4) is 0 Å². The molecule has 1 saturated heterocycles. The Labute approximate surface area is 122 Å². The predicted octanol–water partition coefficient (Wildman–Crippen LogP) is 3.70. The highest BCUT2D eigenvalue weighted by molar-refractivity contribution is 5.42. The van der Waals surface area contributed by atoms with E-state index in [0.717, 1.165) is 19.4 Å². The van der Waals surface area contributed by atoms with E-state index in [1.54, 1.807) is 5.56 Å². The van der Waals surface area contributed by atoms with Crippen LogP contribution < -0.4 is 0 Å². The molecule has 2 fully saturated rings. The van der Waals surface area contributed by atoms with Crippen LogP contribution in [0.4, 0.5) is 0 Å². The first-order valence-electron chi connectivity index (χ1n) is 8.19. The van der Waals surface area contributed by atoms with Gasteiger partial charge in [0.25, 0.3) is 0 Å². The molecule has 0 N–H and O–H groups in total. The lowest BCUT2D eigenvalue weighted by molar-refractivity contribution is -0.899. The van der Waals surface area contributed by atoms with Gasteiger partial charge in [-0.05, 0) is 30.9 Å². The molecule has 2 heteroatoms. The van der Waals surface area contributed by atoms with Crippen LogP contribution in [0.3, 0.4) is 0 Å². The maximum Gasteiger partial charge on any atom is 0.0963 e. The standard InChI is InChI=1S/C18H25NO/c1-13-6-7-14-12-17-15-5-3-4-8-18(15,16(14)11-13)9-10-19(17,2)20/h6-7,11,15,17H,3-5,8-10,12H2,1-2H3/t15-,17+,18+,19?/m1/s1. The van der Waals surface area contributed by atoms with Gasteiger partial charge in [0.15, 0.2) is 0 Å². The van der Waals surface area contributed by atoms with Gasteiger partial charge in [0.1, 0.15) is 0 Å². The lowest BCUT2D eigenvalue weighted by Gasteiger charge is -2.63. The fourth-order valence-corrected chi connectivity index (χ4v) is 5.47. The predicted molar refractivity (Wildman–Crippen MR) is 81.3 cm³/mol. The zero-order valence-corrected chi connectivity index (χ0v) is 12.7. The zero-order valence-electron chi connectivity index (χ0n) is 12.7. The molecule has 1 aliphatic heterocycles. The molecule has 2 bridgehead atoms. The summed E-state index contributed by atoms with van der Waals surface area (Å²) < 4.78 is -0.000265. The monoisotopic (exact) mass is 271 g/mol. The molecule has 20 heavy (non-hydrogen) atoms. The van der Waals surface area contributed by atoms with Crippen LogP contribution in [0.25, 0.3) is 0 Å². The van der Waals surface area contributed by atoms with Crippen molar-refractivity contribution in [3.05, 3.63) is 40.1 Å². The average Bonchev–Trinajstić information content (AvgIpc) is 2.44. The second-order valence-electron chi connectivity index (χ2n) is 7.59. The Bertz CT molecular complexity index is 550. The summed E-state index contributed by atoms with van der Waals surface area (Å²) in [6, 6.07) is 7.27. The molecule has 1 heterocycles. The highest BCUT2D eigenvalue weighted by Crippen LogP contribution is 2.56. The van der Waals surface area contributed by atoms with Crippen LogP contribution in [-0.4, -0.2) is 24.3 Å². The zero-order chi connectivity index (χ0) is 14.0. The van der Waals surface area contributed by atoms with E-state index < -0.39 is 0 Å². The number of aryl methyl sites for hydroxylation is 1. The van der Waals surface area contributed by atoms with Crippen LogP contribution in [0, 0.1) is 18.0 Å². The molecule has 4 rings (SSSR count). The molecule has 1 aromatic carbocycles. The molecule has 108 valence electrons. The average molecular weight is 271 g/mol. The van der Waals surface area contributed by atoms with E-state index in [1.807, 2.05) is 7.05 Å². The van der Waals surface area contributed by atoms with Crippen LogP contribution in [0.15, 0.2) is 18.2 Å². The number of hydrogen-bond donors (Lipinski definition) is 0. The summed E-state index contributed by atoms with van der Waals surface area (Å²) in [6.45, 7) is 3.02. The third kappa shape index (κ3) is 1.58. The molecular weight excluding hydrogens is 246 g/mol. The number of benzene rings is 1. The number of likely N-dealkylation sites (N-methyl/N-ethyl adjacent to an activating group) is 1. The summed E-state index contributed by atoms with van der Waals surface area (Å²) in [5, 5.41) is 12.9. The lowest BCUT2D eigenvalue weighted by atomic mass is 9.52. The van der Waals surface area contributed by atoms with Gasteiger partial charge in [0.2, 0.25) is 0 Å². The second kappa shape index (κ2) is 4.08. The third-order valence-corrected chi connectivity index (χ3v) is 6.50. The quantitative estimate of drug-likeness (QED) is 0.521. The van der Waals surface area contributed by atoms with Gasteiger partial charge in [-0.1, -0.05) is 36.6 Å². The Balaban J connectivity index is 1.92. The first-order valence-corrected chi connectivity index (χ1v) is 8.19. The van der Waals surface area contributed by atoms with E-state index in [2.05, 4.69) is 25.1 Å². The van der Waals surface area contributed by atoms with Crippen molar-refractivity contribution in [2.75, 3.05) is 13.6 Å². The first-order chi connectivity index (χ1) is 9.53. The van der Waals surface area contributed by atoms with Crippen molar-refractivity contribution in [2.24, 2.45) is 5.92 Å². The molecule has 0 radical (unpaired) electrons. The highest BCUT2D eigenvalue weighted by atomic mass is 16.5. The van der Waals surface area contributed by atoms with Crippen molar-refractivity contribution in [1.29, 1.82) is 0 Å². The van der Waals surface area contributed by atoms with Crippen LogP contribution >= 0.6 is 0 Å². The topological polar surface area (TPSA) is 23.1 Å². The summed E-state index contributed by atoms with van der Waals surface area (Å²) in [7, 11) is 1.92. The molecule has 0 spiro atoms. The number of hydroxylamine groups is 3. The summed E-state index contributed by atoms with van der Waals surface area (Å²) in [5.41, 5.74) is 4.80. The number of quaternary nitrogens is 1. The van der Waals surface area contributed by atoms with Gasteiger partial charge in [0, 0.05) is 24.2 Å². The third-order valence-electron chi connectivity index (χ3n) is 6.50. The maximum absolute atomic E-state index is 12.9. The van der Waals surface area contributed by atoms with Gasteiger partial charge in [-0.25, -0.2) is 0 Å². The van der Waals surface area contributed by atoms with Gasteiger partial charge in [-0.15, -0.1) is 0 Å². The highest BCUT2D eigenvalue weighted by Gasteiger charge is 2.56. The number of piperidine rings is 1. The van der Waals surface area contributed by atoms with E-state index in [-0.39, 0.29) is 4.65 Å². The van der Waals surface area contributed by atoms with E-state index >= 15 is 0 Å². The van der Waals surface area contributed by atoms with Crippen LogP contribution in [0.1, 0.15) is 48.8 Å². The van der Waals surface area contributed by atoms with Crippen LogP contribution in [0.2, 0.25) is 0 Å². The second-order valence-corrected chi connectivity index (χ2v) is 7.59. The van der Waals surface area contributed by atoms with Crippen molar-refractivity contribution in [1.82, 2.24) is 0 Å². The molecular formula is C18H25NO. The number of nitrogens with zero attached hydrogens (tertiary/aromatic N) is 1. The maximum atomic E-state index is 12.9. The molecule has 2 aliphatic carbocycles. The van der Waals surface area contributed by atoms with Gasteiger partial charge in [-0.3, -0.25) is 0 Å². The minimum absolute atomic E-state index is 0.000265. The van der Waals surface area contributed by atoms with Gasteiger partial charge < -0.3 is 9.85 Å². The van der Waals surface area contributed by atoms with Crippen molar-refractivity contribution >= 4 is 0 Å². The Morgan fingerprint density at radius 1 is 1.25 bits per heavy atom. The Morgan fingerprint density at radius 2 is 2.10 bits per heavy atom. The fraction of sp³-hybridized carbons (Fsp3) is 0.667. The van der Waals surface area contributed by atoms with E-state index in [1.165, 1.54) is 36.8 Å². The number of hydrogen-bond acceptors (Lipinski definition) is 1. The Hall–Kier alpha value is -0.860. The molecule has 2 nitrogen and oxygen atoms in total.